The number of hydrogen-bond acceptors (Lipinski definition) is 3. The highest BCUT2D eigenvalue weighted by Crippen LogP contribution is 2.26. The fraction of sp³-hybridized carbons (Fsp3) is 0.500. The Kier molecular flexibility index (Phi) is 5.28. The number of carbonyl (C=O) groups is 2. The number of amides is 1. The molecule has 114 valence electrons. The van der Waals surface area contributed by atoms with Crippen molar-refractivity contribution in [3.8, 4) is 0 Å². The van der Waals surface area contributed by atoms with E-state index in [9.17, 15) is 9.59 Å². The number of hydrogen-bond donors (Lipinski definition) is 1. The lowest BCUT2D eigenvalue weighted by atomic mass is 10.1. The van der Waals surface area contributed by atoms with Gasteiger partial charge in [0.15, 0.2) is 0 Å². The molecule has 1 aliphatic rings. The molecule has 0 saturated carbocycles. The van der Waals surface area contributed by atoms with Crippen LogP contribution < -0.4 is 0 Å². The molecule has 0 radical (unpaired) electrons. The Morgan fingerprint density at radius 3 is 2.81 bits per heavy atom. The quantitative estimate of drug-likeness (QED) is 0.850. The van der Waals surface area contributed by atoms with Crippen LogP contribution in [0.25, 0.3) is 0 Å². The second-order valence-electron chi connectivity index (χ2n) is 5.54. The molecule has 0 spiro atoms. The number of rotatable bonds is 5. The van der Waals surface area contributed by atoms with Gasteiger partial charge in [-0.1, -0.05) is 17.7 Å². The minimum atomic E-state index is -0.832. The topological polar surface area (TPSA) is 57.6 Å². The van der Waals surface area contributed by atoms with Crippen LogP contribution in [0.5, 0.6) is 0 Å². The summed E-state index contributed by atoms with van der Waals surface area (Å²) in [5, 5.41) is 8.90. The second-order valence-corrected chi connectivity index (χ2v) is 6.56. The zero-order chi connectivity index (χ0) is 15.4. The van der Waals surface area contributed by atoms with E-state index in [0.29, 0.717) is 12.3 Å². The number of likely N-dealkylation sites (tertiary alicyclic amines) is 1. The molecule has 1 heterocycles. The van der Waals surface area contributed by atoms with E-state index in [4.69, 9.17) is 5.11 Å². The minimum absolute atomic E-state index is 0.0451. The third-order valence-corrected chi connectivity index (χ3v) is 4.95. The number of thioether (sulfide) groups is 1. The smallest absolute Gasteiger partial charge is 0.305 e. The molecular weight excluding hydrogens is 286 g/mol. The Morgan fingerprint density at radius 2 is 2.14 bits per heavy atom. The van der Waals surface area contributed by atoms with Crippen LogP contribution >= 0.6 is 11.8 Å². The lowest BCUT2D eigenvalue weighted by Gasteiger charge is -2.23. The number of aliphatic carboxylic acids is 1. The molecule has 21 heavy (non-hydrogen) atoms. The molecule has 2 rings (SSSR count). The molecule has 0 aromatic heterocycles. The molecule has 1 atom stereocenters. The minimum Gasteiger partial charge on any atom is -0.481 e. The summed E-state index contributed by atoms with van der Waals surface area (Å²) in [4.78, 5) is 26.0. The van der Waals surface area contributed by atoms with Gasteiger partial charge >= 0.3 is 5.97 Å². The molecule has 1 saturated heterocycles. The summed E-state index contributed by atoms with van der Waals surface area (Å²) >= 11 is 1.53. The number of carboxylic acid groups (broad SMARTS) is 1. The Balaban J connectivity index is 1.93. The van der Waals surface area contributed by atoms with E-state index in [-0.39, 0.29) is 18.4 Å². The third-order valence-electron chi connectivity index (χ3n) is 3.79. The van der Waals surface area contributed by atoms with Crippen molar-refractivity contribution in [3.05, 3.63) is 29.3 Å². The van der Waals surface area contributed by atoms with Crippen LogP contribution in [-0.2, 0) is 9.59 Å². The number of carbonyl (C=O) groups excluding carboxylic acids is 1. The first-order chi connectivity index (χ1) is 9.97. The molecule has 4 nitrogen and oxygen atoms in total. The SMILES string of the molecule is Cc1ccc(SCC(=O)N2CCCC2CC(=O)O)c(C)c1. The highest BCUT2D eigenvalue weighted by Gasteiger charge is 2.30. The molecule has 0 aliphatic carbocycles. The molecule has 1 aromatic rings. The lowest BCUT2D eigenvalue weighted by Crippen LogP contribution is -2.37. The van der Waals surface area contributed by atoms with Crippen molar-refractivity contribution in [1.82, 2.24) is 4.90 Å². The van der Waals surface area contributed by atoms with E-state index in [1.165, 1.54) is 22.9 Å². The van der Waals surface area contributed by atoms with Crippen LogP contribution in [0.1, 0.15) is 30.4 Å². The highest BCUT2D eigenvalue weighted by molar-refractivity contribution is 8.00. The Morgan fingerprint density at radius 1 is 1.38 bits per heavy atom. The normalized spacial score (nSPS) is 18.0. The zero-order valence-electron chi connectivity index (χ0n) is 12.5. The van der Waals surface area contributed by atoms with Crippen molar-refractivity contribution in [3.63, 3.8) is 0 Å². The Hall–Kier alpha value is -1.49. The van der Waals surface area contributed by atoms with Gasteiger partial charge in [0.1, 0.15) is 0 Å². The first kappa shape index (κ1) is 15.9. The summed E-state index contributed by atoms with van der Waals surface area (Å²) in [6.45, 7) is 4.78. The molecule has 1 N–H and O–H groups in total. The number of aryl methyl sites for hydroxylation is 2. The van der Waals surface area contributed by atoms with Crippen molar-refractivity contribution in [2.75, 3.05) is 12.3 Å². The van der Waals surface area contributed by atoms with Crippen molar-refractivity contribution in [2.45, 2.75) is 44.0 Å². The fourth-order valence-corrected chi connectivity index (χ4v) is 3.66. The summed E-state index contributed by atoms with van der Waals surface area (Å²) in [6.07, 6.45) is 1.75. The van der Waals surface area contributed by atoms with Crippen molar-refractivity contribution in [1.29, 1.82) is 0 Å². The van der Waals surface area contributed by atoms with E-state index in [1.54, 1.807) is 4.90 Å². The van der Waals surface area contributed by atoms with Gasteiger partial charge in [0.2, 0.25) is 5.91 Å². The van der Waals surface area contributed by atoms with Crippen LogP contribution in [0, 0.1) is 13.8 Å². The van der Waals surface area contributed by atoms with Gasteiger partial charge in [-0.15, -0.1) is 11.8 Å². The van der Waals surface area contributed by atoms with Crippen molar-refractivity contribution < 1.29 is 14.7 Å². The van der Waals surface area contributed by atoms with E-state index in [2.05, 4.69) is 6.07 Å². The highest BCUT2D eigenvalue weighted by atomic mass is 32.2. The average Bonchev–Trinajstić information content (AvgIpc) is 2.84. The molecule has 1 aliphatic heterocycles. The first-order valence-electron chi connectivity index (χ1n) is 7.18. The van der Waals surface area contributed by atoms with E-state index in [1.807, 2.05) is 26.0 Å². The van der Waals surface area contributed by atoms with E-state index in [0.717, 1.165) is 17.7 Å². The Labute approximate surface area is 129 Å². The van der Waals surface area contributed by atoms with Gasteiger partial charge < -0.3 is 10.0 Å². The third kappa shape index (κ3) is 4.24. The molecular formula is C16H21NO3S. The molecule has 1 aromatic carbocycles. The molecule has 1 unspecified atom stereocenters. The largest absolute Gasteiger partial charge is 0.481 e. The van der Waals surface area contributed by atoms with E-state index < -0.39 is 5.97 Å². The van der Waals surface area contributed by atoms with Crippen LogP contribution in [-0.4, -0.2) is 40.2 Å². The summed E-state index contributed by atoms with van der Waals surface area (Å²) in [6, 6.07) is 6.06. The van der Waals surface area contributed by atoms with Gasteiger partial charge in [0.05, 0.1) is 12.2 Å². The number of benzene rings is 1. The summed E-state index contributed by atoms with van der Waals surface area (Å²) in [7, 11) is 0. The van der Waals surface area contributed by atoms with Crippen LogP contribution in [0.15, 0.2) is 23.1 Å². The number of carboxylic acids is 1. The van der Waals surface area contributed by atoms with E-state index >= 15 is 0 Å². The Bertz CT molecular complexity index is 544. The second kappa shape index (κ2) is 6.98. The molecule has 0 bridgehead atoms. The average molecular weight is 307 g/mol. The fourth-order valence-electron chi connectivity index (χ4n) is 2.76. The van der Waals surface area contributed by atoms with Gasteiger partial charge in [0.25, 0.3) is 0 Å². The molecule has 1 amide bonds. The van der Waals surface area contributed by atoms with Crippen LogP contribution in [0.2, 0.25) is 0 Å². The summed E-state index contributed by atoms with van der Waals surface area (Å²) < 4.78 is 0. The lowest BCUT2D eigenvalue weighted by molar-refractivity contribution is -0.139. The van der Waals surface area contributed by atoms with Crippen LogP contribution in [0.3, 0.4) is 0 Å². The van der Waals surface area contributed by atoms with Gasteiger partial charge in [-0.3, -0.25) is 9.59 Å². The van der Waals surface area contributed by atoms with Crippen molar-refractivity contribution >= 4 is 23.6 Å². The maximum absolute atomic E-state index is 12.3. The maximum atomic E-state index is 12.3. The first-order valence-corrected chi connectivity index (χ1v) is 8.17. The van der Waals surface area contributed by atoms with Gasteiger partial charge in [-0.2, -0.15) is 0 Å². The van der Waals surface area contributed by atoms with Crippen LogP contribution in [0.4, 0.5) is 0 Å². The summed E-state index contributed by atoms with van der Waals surface area (Å²) in [5.74, 6) is -0.412. The monoisotopic (exact) mass is 307 g/mol. The molecule has 5 heteroatoms. The van der Waals surface area contributed by atoms with Gasteiger partial charge in [-0.05, 0) is 38.3 Å². The van der Waals surface area contributed by atoms with Gasteiger partial charge in [-0.25, -0.2) is 0 Å². The standard InChI is InChI=1S/C16H21NO3S/c1-11-5-6-14(12(2)8-11)21-10-15(18)17-7-3-4-13(17)9-16(19)20/h5-6,8,13H,3-4,7,9-10H2,1-2H3,(H,19,20). The number of nitrogens with zero attached hydrogens (tertiary/aromatic N) is 1. The predicted octanol–water partition coefficient (Wildman–Crippen LogP) is 2.86. The summed E-state index contributed by atoms with van der Waals surface area (Å²) in [5.41, 5.74) is 2.39. The van der Waals surface area contributed by atoms with Gasteiger partial charge in [0, 0.05) is 17.5 Å². The zero-order valence-corrected chi connectivity index (χ0v) is 13.3. The molecule has 1 fully saturated rings. The maximum Gasteiger partial charge on any atom is 0.305 e. The van der Waals surface area contributed by atoms with Crippen molar-refractivity contribution in [2.24, 2.45) is 0 Å². The predicted molar refractivity (Wildman–Crippen MR) is 83.6 cm³/mol.